The largest absolute Gasteiger partial charge is 0.494 e. The van der Waals surface area contributed by atoms with Gasteiger partial charge < -0.3 is 19.5 Å². The number of aliphatic hydroxyl groups is 1. The van der Waals surface area contributed by atoms with E-state index in [-0.39, 0.29) is 12.5 Å². The highest BCUT2D eigenvalue weighted by molar-refractivity contribution is 9.10. The van der Waals surface area contributed by atoms with Gasteiger partial charge in [-0.05, 0) is 60.9 Å². The Balaban J connectivity index is 1.58. The summed E-state index contributed by atoms with van der Waals surface area (Å²) in [5.41, 5.74) is 1.52. The fraction of sp³-hybridized carbons (Fsp3) is 0.333. The Bertz CT molecular complexity index is 1290. The number of amides is 1. The molecule has 6 nitrogen and oxygen atoms in total. The Morgan fingerprint density at radius 1 is 1.03 bits per heavy atom. The lowest BCUT2D eigenvalue weighted by Gasteiger charge is -2.34. The minimum absolute atomic E-state index is 0.00220. The topological polar surface area (TPSA) is 71.4 Å². The van der Waals surface area contributed by atoms with Crippen LogP contribution in [0.3, 0.4) is 0 Å². The maximum absolute atomic E-state index is 14.4. The van der Waals surface area contributed by atoms with E-state index in [0.717, 1.165) is 51.6 Å². The number of rotatable bonds is 9. The summed E-state index contributed by atoms with van der Waals surface area (Å²) in [6.07, 6.45) is 2.37. The molecule has 5 rings (SSSR count). The quantitative estimate of drug-likeness (QED) is 0.287. The van der Waals surface area contributed by atoms with E-state index in [4.69, 9.17) is 19.6 Å². The average Bonchev–Trinajstić information content (AvgIpc) is 3.60. The van der Waals surface area contributed by atoms with E-state index in [9.17, 15) is 4.79 Å². The Morgan fingerprint density at radius 3 is 2.42 bits per heavy atom. The van der Waals surface area contributed by atoms with Crippen LogP contribution in [0, 0.1) is 0 Å². The van der Waals surface area contributed by atoms with Crippen LogP contribution in [0.4, 0.5) is 0 Å². The Labute approximate surface area is 239 Å². The summed E-state index contributed by atoms with van der Waals surface area (Å²) in [6.45, 7) is 1.99. The van der Waals surface area contributed by atoms with Gasteiger partial charge in [0.2, 0.25) is 5.90 Å². The Morgan fingerprint density at radius 2 is 1.74 bits per heavy atom. The van der Waals surface area contributed by atoms with Gasteiger partial charge in [-0.2, -0.15) is 0 Å². The lowest BCUT2D eigenvalue weighted by Crippen LogP contribution is -2.51. The fourth-order valence-electron chi connectivity index (χ4n) is 5.04. The van der Waals surface area contributed by atoms with Crippen molar-refractivity contribution < 1.29 is 19.4 Å². The molecule has 1 fully saturated rings. The maximum atomic E-state index is 14.4. The number of halogens is 2. The van der Waals surface area contributed by atoms with Gasteiger partial charge in [-0.3, -0.25) is 4.79 Å². The summed E-state index contributed by atoms with van der Waals surface area (Å²) in [5, 5.41) is 9.01. The molecule has 2 aliphatic rings. The van der Waals surface area contributed by atoms with Gasteiger partial charge in [0, 0.05) is 52.6 Å². The molecule has 8 heteroatoms. The van der Waals surface area contributed by atoms with Gasteiger partial charge in [-0.1, -0.05) is 62.2 Å². The number of likely N-dealkylation sites (tertiary alicyclic amines) is 1. The van der Waals surface area contributed by atoms with E-state index >= 15 is 0 Å². The molecule has 0 unspecified atom stereocenters. The van der Waals surface area contributed by atoms with Crippen LogP contribution in [0.15, 0.2) is 86.7 Å². The van der Waals surface area contributed by atoms with Gasteiger partial charge in [0.25, 0.3) is 5.91 Å². The smallest absolute Gasteiger partial charge is 0.255 e. The molecule has 2 aliphatic heterocycles. The number of carbonyl (C=O) groups is 1. The summed E-state index contributed by atoms with van der Waals surface area (Å²) in [6, 6.07) is 23.5. The van der Waals surface area contributed by atoms with Crippen LogP contribution in [-0.2, 0) is 16.0 Å². The van der Waals surface area contributed by atoms with Crippen LogP contribution in [0.5, 0.6) is 5.75 Å². The number of benzene rings is 3. The van der Waals surface area contributed by atoms with Crippen LogP contribution in [0.1, 0.15) is 42.1 Å². The Kier molecular flexibility index (Phi) is 8.51. The van der Waals surface area contributed by atoms with Crippen molar-refractivity contribution >= 4 is 43.7 Å². The molecule has 2 heterocycles. The van der Waals surface area contributed by atoms with Crippen molar-refractivity contribution in [1.82, 2.24) is 4.90 Å². The number of nitrogens with zero attached hydrogens (tertiary/aromatic N) is 2. The zero-order valence-corrected chi connectivity index (χ0v) is 24.2. The zero-order chi connectivity index (χ0) is 26.5. The number of ether oxygens (including phenoxy) is 2. The van der Waals surface area contributed by atoms with E-state index < -0.39 is 11.6 Å². The highest BCUT2D eigenvalue weighted by Gasteiger charge is 2.55. The Hall–Kier alpha value is -2.68. The first-order chi connectivity index (χ1) is 18.5. The minimum atomic E-state index is -1.16. The predicted octanol–water partition coefficient (Wildman–Crippen LogP) is 6.09. The lowest BCUT2D eigenvalue weighted by molar-refractivity contribution is -0.138. The zero-order valence-electron chi connectivity index (χ0n) is 21.0. The number of aliphatic hydroxyl groups excluding tert-OH is 1. The molecule has 0 saturated carbocycles. The van der Waals surface area contributed by atoms with E-state index in [2.05, 4.69) is 31.9 Å². The van der Waals surface area contributed by atoms with Crippen LogP contribution < -0.4 is 4.74 Å². The molecule has 1 saturated heterocycles. The van der Waals surface area contributed by atoms with E-state index in [1.165, 1.54) is 0 Å². The third-order valence-corrected chi connectivity index (χ3v) is 8.23. The summed E-state index contributed by atoms with van der Waals surface area (Å²) in [4.78, 5) is 21.5. The molecule has 0 spiro atoms. The van der Waals surface area contributed by atoms with Crippen LogP contribution in [-0.4, -0.2) is 53.7 Å². The average molecular weight is 642 g/mol. The van der Waals surface area contributed by atoms with Crippen LogP contribution >= 0.6 is 31.9 Å². The van der Waals surface area contributed by atoms with Gasteiger partial charge in [0.05, 0.1) is 6.61 Å². The molecule has 198 valence electrons. The summed E-state index contributed by atoms with van der Waals surface area (Å²) >= 11 is 7.23. The molecule has 0 aliphatic carbocycles. The third-order valence-electron chi connectivity index (χ3n) is 6.97. The van der Waals surface area contributed by atoms with Gasteiger partial charge in [0.15, 0.2) is 11.6 Å². The van der Waals surface area contributed by atoms with E-state index in [1.54, 1.807) is 0 Å². The predicted molar refractivity (Wildman–Crippen MR) is 155 cm³/mol. The molecule has 1 N–H and O–H groups in total. The highest BCUT2D eigenvalue weighted by atomic mass is 79.9. The number of aliphatic imine (C=N–C) groups is 1. The maximum Gasteiger partial charge on any atom is 0.255 e. The first-order valence-electron chi connectivity index (χ1n) is 12.9. The third kappa shape index (κ3) is 5.67. The molecule has 3 aromatic carbocycles. The van der Waals surface area contributed by atoms with Crippen molar-refractivity contribution in [3.63, 3.8) is 0 Å². The number of hydrogen-bond donors (Lipinski definition) is 1. The van der Waals surface area contributed by atoms with Crippen molar-refractivity contribution in [2.24, 2.45) is 4.99 Å². The number of carbonyl (C=O) groups excluding carboxylic acids is 1. The first kappa shape index (κ1) is 26.9. The molecule has 3 aromatic rings. The summed E-state index contributed by atoms with van der Waals surface area (Å²) < 4.78 is 14.2. The van der Waals surface area contributed by atoms with Crippen molar-refractivity contribution in [2.75, 3.05) is 26.3 Å². The van der Waals surface area contributed by atoms with Gasteiger partial charge >= 0.3 is 0 Å². The minimum Gasteiger partial charge on any atom is -0.494 e. The van der Waals surface area contributed by atoms with E-state index in [1.807, 2.05) is 77.7 Å². The second kappa shape index (κ2) is 12.0. The highest BCUT2D eigenvalue weighted by Crippen LogP contribution is 2.45. The van der Waals surface area contributed by atoms with Crippen LogP contribution in [0.25, 0.3) is 0 Å². The molecule has 2 atom stereocenters. The van der Waals surface area contributed by atoms with Crippen molar-refractivity contribution in [1.29, 1.82) is 0 Å². The van der Waals surface area contributed by atoms with Gasteiger partial charge in [-0.25, -0.2) is 4.99 Å². The second-order valence-corrected chi connectivity index (χ2v) is 11.4. The second-order valence-electron chi connectivity index (χ2n) is 9.61. The van der Waals surface area contributed by atoms with Gasteiger partial charge in [0.1, 0.15) is 5.75 Å². The van der Waals surface area contributed by atoms with Crippen molar-refractivity contribution in [3.8, 4) is 5.75 Å². The number of hydrogen-bond acceptors (Lipinski definition) is 5. The molecular weight excluding hydrogens is 612 g/mol. The fourth-order valence-corrected chi connectivity index (χ4v) is 5.80. The molecular formula is C30H30Br2N2O4. The SMILES string of the molecule is O=C(N1CCCC1)[C@]1(Cc2ccc(Br)cc2)N=C(c2ccc(OCCCO)cc2)O[C@@H]1c1ccccc1Br. The summed E-state index contributed by atoms with van der Waals surface area (Å²) in [5.74, 6) is 1.15. The van der Waals surface area contributed by atoms with Gasteiger partial charge in [-0.15, -0.1) is 0 Å². The van der Waals surface area contributed by atoms with Crippen molar-refractivity contribution in [2.45, 2.75) is 37.3 Å². The van der Waals surface area contributed by atoms with Crippen LogP contribution in [0.2, 0.25) is 0 Å². The standard InChI is InChI=1S/C30H30Br2N2O4/c31-23-12-8-21(9-13-23)20-30(29(36)34-16-3-4-17-34)27(25-6-1-2-7-26(25)32)38-28(33-30)22-10-14-24(15-11-22)37-19-5-18-35/h1-2,6-15,27,35H,3-5,16-20H2/t27-,30-/m1/s1. The van der Waals surface area contributed by atoms with E-state index in [0.29, 0.717) is 31.1 Å². The normalized spacial score (nSPS) is 20.8. The molecule has 38 heavy (non-hydrogen) atoms. The lowest BCUT2D eigenvalue weighted by atomic mass is 9.81. The summed E-state index contributed by atoms with van der Waals surface area (Å²) in [7, 11) is 0. The molecule has 0 radical (unpaired) electrons. The molecule has 0 aromatic heterocycles. The first-order valence-corrected chi connectivity index (χ1v) is 14.5. The molecule has 0 bridgehead atoms. The monoisotopic (exact) mass is 640 g/mol. The molecule has 1 amide bonds. The van der Waals surface area contributed by atoms with Crippen molar-refractivity contribution in [3.05, 3.63) is 98.4 Å².